The van der Waals surface area contributed by atoms with Crippen LogP contribution in [0.2, 0.25) is 0 Å². The first-order valence-electron chi connectivity index (χ1n) is 7.80. The normalized spacial score (nSPS) is 10.6. The van der Waals surface area contributed by atoms with Gasteiger partial charge in [0, 0.05) is 10.5 Å². The van der Waals surface area contributed by atoms with E-state index in [2.05, 4.69) is 21.2 Å². The van der Waals surface area contributed by atoms with Crippen LogP contribution < -0.4 is 10.1 Å². The molecule has 0 aliphatic carbocycles. The first-order chi connectivity index (χ1) is 12.5. The molecule has 0 radical (unpaired) electrons. The minimum absolute atomic E-state index is 0.0131. The molecule has 0 aliphatic heterocycles. The third-order valence-corrected chi connectivity index (χ3v) is 3.65. The number of carbonyl (C=O) groups excluding carboxylic acids is 2. The minimum Gasteiger partial charge on any atom is -0.494 e. The highest BCUT2D eigenvalue weighted by Gasteiger charge is 2.09. The molecule has 0 saturated heterocycles. The monoisotopic (exact) mass is 421 g/mol. The summed E-state index contributed by atoms with van der Waals surface area (Å²) < 4.78 is 24.3. The number of halogens is 2. The summed E-state index contributed by atoms with van der Waals surface area (Å²) in [5, 5.41) is 2.33. The molecule has 0 saturated carbocycles. The van der Waals surface area contributed by atoms with Gasteiger partial charge in [-0.25, -0.2) is 9.18 Å². The van der Waals surface area contributed by atoms with Crippen LogP contribution in [0.25, 0.3) is 6.08 Å². The van der Waals surface area contributed by atoms with Gasteiger partial charge in [0.2, 0.25) is 0 Å². The zero-order chi connectivity index (χ0) is 18.9. The highest BCUT2D eigenvalue weighted by atomic mass is 79.9. The van der Waals surface area contributed by atoms with Crippen molar-refractivity contribution < 1.29 is 23.5 Å². The highest BCUT2D eigenvalue weighted by molar-refractivity contribution is 9.10. The Morgan fingerprint density at radius 1 is 1.19 bits per heavy atom. The number of ether oxygens (including phenoxy) is 2. The van der Waals surface area contributed by atoms with Crippen molar-refractivity contribution in [3.63, 3.8) is 0 Å². The second-order valence-corrected chi connectivity index (χ2v) is 6.03. The van der Waals surface area contributed by atoms with Gasteiger partial charge in [0.05, 0.1) is 12.3 Å². The van der Waals surface area contributed by atoms with E-state index in [1.807, 2.05) is 6.92 Å². The van der Waals surface area contributed by atoms with Crippen molar-refractivity contribution in [2.75, 3.05) is 18.5 Å². The third-order valence-electron chi connectivity index (χ3n) is 3.15. The summed E-state index contributed by atoms with van der Waals surface area (Å²) >= 11 is 3.12. The maximum Gasteiger partial charge on any atom is 0.331 e. The first kappa shape index (κ1) is 19.7. The average molecular weight is 422 g/mol. The van der Waals surface area contributed by atoms with Gasteiger partial charge in [0.25, 0.3) is 5.91 Å². The second-order valence-electron chi connectivity index (χ2n) is 5.12. The van der Waals surface area contributed by atoms with Crippen LogP contribution in [0.15, 0.2) is 53.0 Å². The second kappa shape index (κ2) is 9.72. The molecule has 0 aromatic heterocycles. The first-order valence-corrected chi connectivity index (χ1v) is 8.60. The Bertz CT molecular complexity index is 806. The molecule has 1 N–H and O–H groups in total. The number of benzene rings is 2. The van der Waals surface area contributed by atoms with E-state index in [4.69, 9.17) is 9.47 Å². The molecule has 0 unspecified atom stereocenters. The van der Waals surface area contributed by atoms with Crippen LogP contribution in [0.1, 0.15) is 12.5 Å². The average Bonchev–Trinajstić information content (AvgIpc) is 2.62. The van der Waals surface area contributed by atoms with Crippen molar-refractivity contribution in [3.05, 3.63) is 64.4 Å². The van der Waals surface area contributed by atoms with Crippen LogP contribution >= 0.6 is 15.9 Å². The number of anilines is 1. The third kappa shape index (κ3) is 6.33. The topological polar surface area (TPSA) is 64.6 Å². The quantitative estimate of drug-likeness (QED) is 0.537. The van der Waals surface area contributed by atoms with Gasteiger partial charge in [-0.2, -0.15) is 0 Å². The summed E-state index contributed by atoms with van der Waals surface area (Å²) in [6.45, 7) is 1.96. The van der Waals surface area contributed by atoms with E-state index in [1.54, 1.807) is 36.4 Å². The summed E-state index contributed by atoms with van der Waals surface area (Å²) in [6, 6.07) is 11.4. The predicted octanol–water partition coefficient (Wildman–Crippen LogP) is 4.18. The van der Waals surface area contributed by atoms with E-state index in [0.717, 1.165) is 11.3 Å². The molecule has 0 aliphatic rings. The van der Waals surface area contributed by atoms with Crippen LogP contribution in [0.3, 0.4) is 0 Å². The maximum absolute atomic E-state index is 13.6. The molecule has 0 bridgehead atoms. The predicted molar refractivity (Wildman–Crippen MR) is 100 cm³/mol. The lowest BCUT2D eigenvalue weighted by molar-refractivity contribution is -0.142. The van der Waals surface area contributed by atoms with Gasteiger partial charge >= 0.3 is 5.97 Å². The van der Waals surface area contributed by atoms with E-state index in [0.29, 0.717) is 11.1 Å². The van der Waals surface area contributed by atoms with Crippen LogP contribution in [0.4, 0.5) is 10.1 Å². The molecule has 2 aromatic rings. The molecule has 0 heterocycles. The Balaban J connectivity index is 1.81. The van der Waals surface area contributed by atoms with Gasteiger partial charge in [0.1, 0.15) is 11.6 Å². The zero-order valence-corrected chi connectivity index (χ0v) is 15.6. The van der Waals surface area contributed by atoms with E-state index in [-0.39, 0.29) is 5.69 Å². The fourth-order valence-electron chi connectivity index (χ4n) is 1.97. The number of amides is 1. The molecule has 2 aromatic carbocycles. The molecule has 2 rings (SSSR count). The highest BCUT2D eigenvalue weighted by Crippen LogP contribution is 2.19. The fourth-order valence-corrected chi connectivity index (χ4v) is 2.30. The number of nitrogens with one attached hydrogen (secondary N) is 1. The van der Waals surface area contributed by atoms with Crippen LogP contribution in [-0.2, 0) is 14.3 Å². The Hall–Kier alpha value is -2.67. The summed E-state index contributed by atoms with van der Waals surface area (Å²) in [7, 11) is 0. The molecule has 1 amide bonds. The molecule has 0 spiro atoms. The largest absolute Gasteiger partial charge is 0.494 e. The van der Waals surface area contributed by atoms with Crippen molar-refractivity contribution in [2.45, 2.75) is 6.92 Å². The van der Waals surface area contributed by atoms with Crippen LogP contribution in [0.5, 0.6) is 5.75 Å². The van der Waals surface area contributed by atoms with E-state index in [9.17, 15) is 14.0 Å². The summed E-state index contributed by atoms with van der Waals surface area (Å²) in [5.74, 6) is -1.15. The zero-order valence-electron chi connectivity index (χ0n) is 14.0. The van der Waals surface area contributed by atoms with Gasteiger partial charge in [0.15, 0.2) is 6.61 Å². The van der Waals surface area contributed by atoms with E-state index < -0.39 is 24.3 Å². The summed E-state index contributed by atoms with van der Waals surface area (Å²) in [6.07, 6.45) is 2.77. The molecule has 5 nitrogen and oxygen atoms in total. The van der Waals surface area contributed by atoms with Gasteiger partial charge in [-0.1, -0.05) is 28.1 Å². The lowest BCUT2D eigenvalue weighted by Crippen LogP contribution is -2.20. The Morgan fingerprint density at radius 3 is 2.58 bits per heavy atom. The molecule has 0 fully saturated rings. The van der Waals surface area contributed by atoms with Crippen molar-refractivity contribution >= 4 is 39.6 Å². The molecule has 136 valence electrons. The minimum atomic E-state index is -0.676. The molecule has 26 heavy (non-hydrogen) atoms. The van der Waals surface area contributed by atoms with Crippen molar-refractivity contribution in [2.24, 2.45) is 0 Å². The number of hydrogen-bond donors (Lipinski definition) is 1. The Labute approximate surface area is 158 Å². The maximum atomic E-state index is 13.6. The molecule has 0 atom stereocenters. The molecular formula is C19H17BrFNO4. The summed E-state index contributed by atoms with van der Waals surface area (Å²) in [5.41, 5.74) is 0.797. The standard InChI is InChI=1S/C19H17BrFNO4/c1-2-25-15-7-3-13(4-8-15)5-10-19(24)26-12-18(23)22-17-9-6-14(20)11-16(17)21/h3-11H,2,12H2,1H3,(H,22,23)/b10-5+. The lowest BCUT2D eigenvalue weighted by atomic mass is 10.2. The van der Waals surface area contributed by atoms with Crippen molar-refractivity contribution in [3.8, 4) is 5.75 Å². The lowest BCUT2D eigenvalue weighted by Gasteiger charge is -2.06. The Morgan fingerprint density at radius 2 is 1.92 bits per heavy atom. The van der Waals surface area contributed by atoms with E-state index >= 15 is 0 Å². The summed E-state index contributed by atoms with van der Waals surface area (Å²) in [4.78, 5) is 23.4. The SMILES string of the molecule is CCOc1ccc(/C=C/C(=O)OCC(=O)Nc2ccc(Br)cc2F)cc1. The van der Waals surface area contributed by atoms with Crippen LogP contribution in [0, 0.1) is 5.82 Å². The Kier molecular flexibility index (Phi) is 7.35. The number of esters is 1. The van der Waals surface area contributed by atoms with Gasteiger partial charge < -0.3 is 14.8 Å². The molecule has 7 heteroatoms. The van der Waals surface area contributed by atoms with Crippen LogP contribution in [-0.4, -0.2) is 25.1 Å². The fraction of sp³-hybridized carbons (Fsp3) is 0.158. The van der Waals surface area contributed by atoms with E-state index in [1.165, 1.54) is 18.2 Å². The smallest absolute Gasteiger partial charge is 0.331 e. The van der Waals surface area contributed by atoms with Crippen molar-refractivity contribution in [1.82, 2.24) is 0 Å². The number of rotatable bonds is 7. The van der Waals surface area contributed by atoms with Gasteiger partial charge in [-0.05, 0) is 48.9 Å². The number of carbonyl (C=O) groups is 2. The van der Waals surface area contributed by atoms with Crippen molar-refractivity contribution in [1.29, 1.82) is 0 Å². The number of hydrogen-bond acceptors (Lipinski definition) is 4. The molecular weight excluding hydrogens is 405 g/mol. The van der Waals surface area contributed by atoms with Gasteiger partial charge in [-0.15, -0.1) is 0 Å². The van der Waals surface area contributed by atoms with Gasteiger partial charge in [-0.3, -0.25) is 4.79 Å².